The molecule has 3 N–H and O–H groups in total. The molecule has 0 aromatic heterocycles. The molecule has 2 aromatic rings. The summed E-state index contributed by atoms with van der Waals surface area (Å²) < 4.78 is 0. The van der Waals surface area contributed by atoms with Crippen LogP contribution in [0, 0.1) is 0 Å². The van der Waals surface area contributed by atoms with E-state index in [4.69, 9.17) is 5.11 Å². The average Bonchev–Trinajstić information content (AvgIpc) is 2.29. The van der Waals surface area contributed by atoms with Crippen LogP contribution in [0.4, 0.5) is 5.69 Å². The van der Waals surface area contributed by atoms with Gasteiger partial charge in [-0.25, -0.2) is 0 Å². The number of hydrogen-bond acceptors (Lipinski definition) is 3. The maximum Gasteiger partial charge on any atom is 0.255 e. The van der Waals surface area contributed by atoms with E-state index in [9.17, 15) is 9.90 Å². The van der Waals surface area contributed by atoms with Crippen LogP contribution in [0.15, 0.2) is 48.5 Å². The Morgan fingerprint density at radius 1 is 0.941 bits per heavy atom. The molecule has 4 heteroatoms. The molecular formula is C13H11NO3. The van der Waals surface area contributed by atoms with Crippen molar-refractivity contribution in [3.05, 3.63) is 54.1 Å². The highest BCUT2D eigenvalue weighted by atomic mass is 16.3. The number of amides is 1. The van der Waals surface area contributed by atoms with Crippen molar-refractivity contribution in [1.29, 1.82) is 0 Å². The molecule has 0 unspecified atom stereocenters. The number of benzene rings is 2. The van der Waals surface area contributed by atoms with Gasteiger partial charge >= 0.3 is 0 Å². The summed E-state index contributed by atoms with van der Waals surface area (Å²) in [5.41, 5.74) is 0.953. The molecule has 4 nitrogen and oxygen atoms in total. The Morgan fingerprint density at radius 3 is 2.29 bits per heavy atom. The van der Waals surface area contributed by atoms with Gasteiger partial charge in [-0.2, -0.15) is 0 Å². The molecule has 0 aliphatic heterocycles. The van der Waals surface area contributed by atoms with Crippen molar-refractivity contribution in [3.8, 4) is 11.5 Å². The number of carbonyl (C=O) groups excluding carboxylic acids is 1. The third kappa shape index (κ3) is 2.75. The van der Waals surface area contributed by atoms with E-state index in [1.807, 2.05) is 0 Å². The first-order chi connectivity index (χ1) is 8.15. The summed E-state index contributed by atoms with van der Waals surface area (Å²) in [6.45, 7) is 0. The first kappa shape index (κ1) is 11.0. The van der Waals surface area contributed by atoms with Gasteiger partial charge in [0.05, 0.1) is 0 Å². The van der Waals surface area contributed by atoms with Gasteiger partial charge in [-0.3, -0.25) is 4.79 Å². The van der Waals surface area contributed by atoms with Crippen LogP contribution in [0.3, 0.4) is 0 Å². The number of aromatic hydroxyl groups is 2. The van der Waals surface area contributed by atoms with Crippen molar-refractivity contribution < 1.29 is 15.0 Å². The van der Waals surface area contributed by atoms with Crippen LogP contribution in [0.5, 0.6) is 11.5 Å². The maximum absolute atomic E-state index is 11.8. The molecule has 0 bridgehead atoms. The second-order valence-corrected chi connectivity index (χ2v) is 3.55. The summed E-state index contributed by atoms with van der Waals surface area (Å²) in [4.78, 5) is 11.8. The molecule has 0 aliphatic carbocycles. The normalized spacial score (nSPS) is 9.88. The molecule has 86 valence electrons. The molecule has 0 saturated heterocycles. The van der Waals surface area contributed by atoms with E-state index in [1.54, 1.807) is 12.1 Å². The van der Waals surface area contributed by atoms with E-state index < -0.39 is 0 Å². The smallest absolute Gasteiger partial charge is 0.255 e. The Morgan fingerprint density at radius 2 is 1.65 bits per heavy atom. The predicted molar refractivity (Wildman–Crippen MR) is 64.2 cm³/mol. The highest BCUT2D eigenvalue weighted by Gasteiger charge is 2.05. The summed E-state index contributed by atoms with van der Waals surface area (Å²) >= 11 is 0. The van der Waals surface area contributed by atoms with Crippen molar-refractivity contribution in [2.75, 3.05) is 5.32 Å². The second kappa shape index (κ2) is 4.57. The predicted octanol–water partition coefficient (Wildman–Crippen LogP) is 2.35. The van der Waals surface area contributed by atoms with Gasteiger partial charge in [-0.15, -0.1) is 0 Å². The first-order valence-corrected chi connectivity index (χ1v) is 5.04. The van der Waals surface area contributed by atoms with Gasteiger partial charge in [0.25, 0.3) is 5.91 Å². The van der Waals surface area contributed by atoms with Crippen LogP contribution >= 0.6 is 0 Å². The van der Waals surface area contributed by atoms with Crippen LogP contribution in [0.1, 0.15) is 10.4 Å². The lowest BCUT2D eigenvalue weighted by Crippen LogP contribution is -2.11. The molecule has 0 fully saturated rings. The van der Waals surface area contributed by atoms with Crippen LogP contribution in [-0.4, -0.2) is 16.1 Å². The fourth-order valence-electron chi connectivity index (χ4n) is 1.40. The number of anilines is 1. The number of phenolic OH excluding ortho intramolecular Hbond substituents is 2. The van der Waals surface area contributed by atoms with Gasteiger partial charge in [-0.05, 0) is 36.4 Å². The lowest BCUT2D eigenvalue weighted by atomic mass is 10.2. The highest BCUT2D eigenvalue weighted by molar-refractivity contribution is 6.04. The van der Waals surface area contributed by atoms with Gasteiger partial charge in [0.15, 0.2) is 0 Å². The van der Waals surface area contributed by atoms with Crippen molar-refractivity contribution >= 4 is 11.6 Å². The fraction of sp³-hybridized carbons (Fsp3) is 0. The zero-order valence-corrected chi connectivity index (χ0v) is 8.92. The van der Waals surface area contributed by atoms with Gasteiger partial charge in [-0.1, -0.05) is 6.07 Å². The lowest BCUT2D eigenvalue weighted by molar-refractivity contribution is 0.102. The zero-order chi connectivity index (χ0) is 12.3. The zero-order valence-electron chi connectivity index (χ0n) is 8.92. The molecule has 2 rings (SSSR count). The number of hydrogen-bond donors (Lipinski definition) is 3. The maximum atomic E-state index is 11.8. The Bertz CT molecular complexity index is 535. The number of nitrogens with one attached hydrogen (secondary N) is 1. The Labute approximate surface area is 98.2 Å². The standard InChI is InChI=1S/C13H11NO3/c15-11-6-4-9(5-7-11)13(17)14-10-2-1-3-12(16)8-10/h1-8,15-16H,(H,14,17). The molecule has 0 radical (unpaired) electrons. The SMILES string of the molecule is O=C(Nc1cccc(O)c1)c1ccc(O)cc1. The summed E-state index contributed by atoms with van der Waals surface area (Å²) in [5, 5.41) is 21.0. The van der Waals surface area contributed by atoms with Gasteiger partial charge < -0.3 is 15.5 Å². The number of carbonyl (C=O) groups is 1. The van der Waals surface area contributed by atoms with Gasteiger partial charge in [0.1, 0.15) is 11.5 Å². The third-order valence-electron chi connectivity index (χ3n) is 2.23. The molecule has 0 aliphatic rings. The summed E-state index contributed by atoms with van der Waals surface area (Å²) in [6.07, 6.45) is 0. The lowest BCUT2D eigenvalue weighted by Gasteiger charge is -2.05. The average molecular weight is 229 g/mol. The van der Waals surface area contributed by atoms with Gasteiger partial charge in [0, 0.05) is 17.3 Å². The Balaban J connectivity index is 2.14. The minimum Gasteiger partial charge on any atom is -0.508 e. The topological polar surface area (TPSA) is 69.6 Å². The minimum absolute atomic E-state index is 0.0912. The molecule has 0 atom stereocenters. The molecule has 1 amide bonds. The largest absolute Gasteiger partial charge is 0.508 e. The van der Waals surface area contributed by atoms with Crippen molar-refractivity contribution in [2.45, 2.75) is 0 Å². The van der Waals surface area contributed by atoms with E-state index in [-0.39, 0.29) is 17.4 Å². The summed E-state index contributed by atoms with van der Waals surface area (Å²) in [7, 11) is 0. The molecule has 0 spiro atoms. The van der Waals surface area contributed by atoms with Crippen LogP contribution < -0.4 is 5.32 Å². The van der Waals surface area contributed by atoms with E-state index in [0.717, 1.165) is 0 Å². The van der Waals surface area contributed by atoms with Crippen molar-refractivity contribution in [1.82, 2.24) is 0 Å². The third-order valence-corrected chi connectivity index (χ3v) is 2.23. The Kier molecular flexibility index (Phi) is 2.96. The molecule has 2 aromatic carbocycles. The van der Waals surface area contributed by atoms with E-state index in [1.165, 1.54) is 36.4 Å². The molecule has 0 saturated carbocycles. The Hall–Kier alpha value is -2.49. The second-order valence-electron chi connectivity index (χ2n) is 3.55. The monoisotopic (exact) mass is 229 g/mol. The van der Waals surface area contributed by atoms with E-state index in [2.05, 4.69) is 5.32 Å². The van der Waals surface area contributed by atoms with E-state index >= 15 is 0 Å². The molecule has 17 heavy (non-hydrogen) atoms. The summed E-state index contributed by atoms with van der Waals surface area (Å²) in [5.74, 6) is -0.0944. The summed E-state index contributed by atoms with van der Waals surface area (Å²) in [6, 6.07) is 12.2. The van der Waals surface area contributed by atoms with Gasteiger partial charge in [0.2, 0.25) is 0 Å². The van der Waals surface area contributed by atoms with Crippen molar-refractivity contribution in [2.24, 2.45) is 0 Å². The van der Waals surface area contributed by atoms with Crippen LogP contribution in [0.25, 0.3) is 0 Å². The number of rotatable bonds is 2. The minimum atomic E-state index is -0.296. The van der Waals surface area contributed by atoms with Crippen molar-refractivity contribution in [3.63, 3.8) is 0 Å². The van der Waals surface area contributed by atoms with Crippen LogP contribution in [0.2, 0.25) is 0 Å². The first-order valence-electron chi connectivity index (χ1n) is 5.04. The number of phenols is 2. The molecular weight excluding hydrogens is 218 g/mol. The van der Waals surface area contributed by atoms with Crippen LogP contribution in [-0.2, 0) is 0 Å². The molecule has 0 heterocycles. The van der Waals surface area contributed by atoms with E-state index in [0.29, 0.717) is 11.3 Å². The quantitative estimate of drug-likeness (QED) is 0.740. The fourth-order valence-corrected chi connectivity index (χ4v) is 1.40. The highest BCUT2D eigenvalue weighted by Crippen LogP contribution is 2.17.